The van der Waals surface area contributed by atoms with Gasteiger partial charge in [-0.3, -0.25) is 0 Å². The van der Waals surface area contributed by atoms with E-state index in [2.05, 4.69) is 65.1 Å². The maximum absolute atomic E-state index is 6.24. The molecule has 0 aromatic heterocycles. The highest BCUT2D eigenvalue weighted by atomic mass is 35.5. The van der Waals surface area contributed by atoms with Crippen molar-refractivity contribution < 1.29 is 4.74 Å². The molecule has 1 aliphatic heterocycles. The predicted molar refractivity (Wildman–Crippen MR) is 93.0 cm³/mol. The lowest BCUT2D eigenvalue weighted by molar-refractivity contribution is 0.218. The van der Waals surface area contributed by atoms with E-state index in [1.54, 1.807) is 0 Å². The van der Waals surface area contributed by atoms with Crippen molar-refractivity contribution in [1.29, 1.82) is 0 Å². The molecule has 1 fully saturated rings. The van der Waals surface area contributed by atoms with Gasteiger partial charge in [0.15, 0.2) is 0 Å². The molecule has 1 saturated heterocycles. The van der Waals surface area contributed by atoms with E-state index in [1.807, 2.05) is 0 Å². The molecule has 2 rings (SSSR count). The van der Waals surface area contributed by atoms with Crippen LogP contribution in [0.2, 0.25) is 0 Å². The third-order valence-corrected chi connectivity index (χ3v) is 3.96. The number of nitrogens with one attached hydrogen (secondary N) is 1. The Hall–Kier alpha value is -0.730. The molecule has 1 atom stereocenters. The molecule has 0 aliphatic carbocycles. The van der Waals surface area contributed by atoms with Gasteiger partial charge in [-0.25, -0.2) is 0 Å². The normalized spacial score (nSPS) is 19.2. The van der Waals surface area contributed by atoms with Gasteiger partial charge in [-0.05, 0) is 41.0 Å². The number of hydrogen-bond acceptors (Lipinski definition) is 2. The van der Waals surface area contributed by atoms with E-state index in [9.17, 15) is 0 Å². The molecule has 1 N–H and O–H groups in total. The highest BCUT2D eigenvalue weighted by Gasteiger charge is 2.25. The molecular weight excluding hydrogens is 282 g/mol. The summed E-state index contributed by atoms with van der Waals surface area (Å²) in [4.78, 5) is 0. The molecule has 0 amide bonds. The summed E-state index contributed by atoms with van der Waals surface area (Å²) in [5, 5.41) is 3.36. The molecule has 21 heavy (non-hydrogen) atoms. The SMILES string of the molecule is CC(C)(C)c1ccc(OC2CCNC2)c(C(C)(C)C)c1.Cl. The molecule has 3 heteroatoms. The first-order valence-electron chi connectivity index (χ1n) is 7.70. The average Bonchev–Trinajstić information content (AvgIpc) is 2.79. The van der Waals surface area contributed by atoms with Gasteiger partial charge in [0.25, 0.3) is 0 Å². The first-order valence-corrected chi connectivity index (χ1v) is 7.70. The molecule has 0 radical (unpaired) electrons. The predicted octanol–water partition coefficient (Wildman–Crippen LogP) is 4.44. The lowest BCUT2D eigenvalue weighted by Gasteiger charge is -2.28. The lowest BCUT2D eigenvalue weighted by Crippen LogP contribution is -2.23. The summed E-state index contributed by atoms with van der Waals surface area (Å²) < 4.78 is 6.24. The van der Waals surface area contributed by atoms with Crippen molar-refractivity contribution in [1.82, 2.24) is 5.32 Å². The third-order valence-electron chi connectivity index (χ3n) is 3.96. The third kappa shape index (κ3) is 4.62. The van der Waals surface area contributed by atoms with Crippen molar-refractivity contribution in [2.24, 2.45) is 0 Å². The summed E-state index contributed by atoms with van der Waals surface area (Å²) in [6.45, 7) is 15.6. The fraction of sp³-hybridized carbons (Fsp3) is 0.667. The van der Waals surface area contributed by atoms with Crippen molar-refractivity contribution in [2.75, 3.05) is 13.1 Å². The molecule has 0 saturated carbocycles. The number of ether oxygens (including phenoxy) is 1. The highest BCUT2D eigenvalue weighted by Crippen LogP contribution is 2.36. The second kappa shape index (κ2) is 6.58. The Morgan fingerprint density at radius 3 is 2.19 bits per heavy atom. The van der Waals surface area contributed by atoms with Gasteiger partial charge < -0.3 is 10.1 Å². The molecule has 120 valence electrons. The van der Waals surface area contributed by atoms with Gasteiger partial charge in [0.1, 0.15) is 11.9 Å². The van der Waals surface area contributed by atoms with E-state index >= 15 is 0 Å². The van der Waals surface area contributed by atoms with Gasteiger partial charge in [0.2, 0.25) is 0 Å². The second-order valence-electron chi connectivity index (χ2n) is 7.94. The topological polar surface area (TPSA) is 21.3 Å². The minimum absolute atomic E-state index is 0. The fourth-order valence-corrected chi connectivity index (χ4v) is 2.59. The first kappa shape index (κ1) is 18.3. The smallest absolute Gasteiger partial charge is 0.123 e. The lowest BCUT2D eigenvalue weighted by atomic mass is 9.80. The van der Waals surface area contributed by atoms with Crippen LogP contribution < -0.4 is 10.1 Å². The van der Waals surface area contributed by atoms with Crippen molar-refractivity contribution in [2.45, 2.75) is 64.9 Å². The van der Waals surface area contributed by atoms with E-state index in [1.165, 1.54) is 11.1 Å². The van der Waals surface area contributed by atoms with Gasteiger partial charge in [-0.2, -0.15) is 0 Å². The summed E-state index contributed by atoms with van der Waals surface area (Å²) in [6, 6.07) is 6.71. The van der Waals surface area contributed by atoms with Crippen LogP contribution in [0.15, 0.2) is 18.2 Å². The molecule has 1 aromatic carbocycles. The van der Waals surface area contributed by atoms with Gasteiger partial charge >= 0.3 is 0 Å². The average molecular weight is 312 g/mol. The minimum Gasteiger partial charge on any atom is -0.489 e. The Morgan fingerprint density at radius 1 is 1.05 bits per heavy atom. The quantitative estimate of drug-likeness (QED) is 0.871. The summed E-state index contributed by atoms with van der Waals surface area (Å²) in [5.41, 5.74) is 2.96. The van der Waals surface area contributed by atoms with Crippen LogP contribution >= 0.6 is 12.4 Å². The van der Waals surface area contributed by atoms with Crippen LogP contribution in [-0.4, -0.2) is 19.2 Å². The van der Waals surface area contributed by atoms with Crippen LogP contribution in [0.25, 0.3) is 0 Å². The van der Waals surface area contributed by atoms with Crippen molar-refractivity contribution in [3.63, 3.8) is 0 Å². The Labute approximate surface area is 136 Å². The largest absolute Gasteiger partial charge is 0.489 e. The molecule has 0 spiro atoms. The second-order valence-corrected chi connectivity index (χ2v) is 7.94. The summed E-state index contributed by atoms with van der Waals surface area (Å²) in [7, 11) is 0. The molecule has 1 heterocycles. The van der Waals surface area contributed by atoms with Crippen LogP contribution in [0.5, 0.6) is 5.75 Å². The highest BCUT2D eigenvalue weighted by molar-refractivity contribution is 5.85. The van der Waals surface area contributed by atoms with E-state index in [-0.39, 0.29) is 23.2 Å². The van der Waals surface area contributed by atoms with Gasteiger partial charge in [-0.15, -0.1) is 12.4 Å². The zero-order valence-corrected chi connectivity index (χ0v) is 15.1. The fourth-order valence-electron chi connectivity index (χ4n) is 2.59. The number of hydrogen-bond donors (Lipinski definition) is 1. The number of halogens is 1. The van der Waals surface area contributed by atoms with Crippen LogP contribution in [-0.2, 0) is 10.8 Å². The first-order chi connectivity index (χ1) is 9.18. The van der Waals surface area contributed by atoms with E-state index in [0.717, 1.165) is 25.3 Å². The van der Waals surface area contributed by atoms with E-state index < -0.39 is 0 Å². The Balaban J connectivity index is 0.00000220. The van der Waals surface area contributed by atoms with Crippen molar-refractivity contribution in [3.05, 3.63) is 29.3 Å². The number of rotatable bonds is 2. The molecule has 0 bridgehead atoms. The minimum atomic E-state index is 0. The maximum Gasteiger partial charge on any atom is 0.123 e. The summed E-state index contributed by atoms with van der Waals surface area (Å²) in [6.07, 6.45) is 1.42. The van der Waals surface area contributed by atoms with E-state index in [0.29, 0.717) is 6.10 Å². The van der Waals surface area contributed by atoms with Gasteiger partial charge in [-0.1, -0.05) is 53.7 Å². The van der Waals surface area contributed by atoms with Crippen molar-refractivity contribution in [3.8, 4) is 5.75 Å². The molecule has 2 nitrogen and oxygen atoms in total. The van der Waals surface area contributed by atoms with Gasteiger partial charge in [0.05, 0.1) is 0 Å². The van der Waals surface area contributed by atoms with Crippen LogP contribution in [0.4, 0.5) is 0 Å². The Bertz CT molecular complexity index is 465. The van der Waals surface area contributed by atoms with Crippen LogP contribution in [0.3, 0.4) is 0 Å². The zero-order chi connectivity index (χ0) is 15.0. The van der Waals surface area contributed by atoms with Crippen LogP contribution in [0.1, 0.15) is 59.1 Å². The zero-order valence-electron chi connectivity index (χ0n) is 14.2. The number of benzene rings is 1. The van der Waals surface area contributed by atoms with Crippen LogP contribution in [0, 0.1) is 0 Å². The maximum atomic E-state index is 6.24. The summed E-state index contributed by atoms with van der Waals surface area (Å²) in [5.74, 6) is 1.05. The molecule has 1 aromatic rings. The standard InChI is InChI=1S/C18H29NO.ClH/c1-17(2,3)13-7-8-16(15(11-13)18(4,5)6)20-14-9-10-19-12-14;/h7-8,11,14,19H,9-10,12H2,1-6H3;1H. The Morgan fingerprint density at radius 2 is 1.71 bits per heavy atom. The monoisotopic (exact) mass is 311 g/mol. The van der Waals surface area contributed by atoms with Crippen molar-refractivity contribution >= 4 is 12.4 Å². The molecule has 1 aliphatic rings. The Kier molecular flexibility index (Phi) is 5.74. The molecular formula is C18H30ClNO. The van der Waals surface area contributed by atoms with E-state index in [4.69, 9.17) is 4.74 Å². The van der Waals surface area contributed by atoms with Gasteiger partial charge in [0, 0.05) is 6.54 Å². The summed E-state index contributed by atoms with van der Waals surface area (Å²) >= 11 is 0. The molecule has 1 unspecified atom stereocenters.